The predicted octanol–water partition coefficient (Wildman–Crippen LogP) is 2.67. The van der Waals surface area contributed by atoms with Gasteiger partial charge in [-0.2, -0.15) is 0 Å². The van der Waals surface area contributed by atoms with Crippen molar-refractivity contribution in [1.82, 2.24) is 5.32 Å². The van der Waals surface area contributed by atoms with Crippen LogP contribution in [0, 0.1) is 0 Å². The van der Waals surface area contributed by atoms with Crippen LogP contribution in [0.5, 0.6) is 5.75 Å². The van der Waals surface area contributed by atoms with Gasteiger partial charge in [0.1, 0.15) is 11.5 Å². The van der Waals surface area contributed by atoms with E-state index >= 15 is 0 Å². The van der Waals surface area contributed by atoms with Crippen molar-refractivity contribution in [3.63, 3.8) is 0 Å². The molecule has 2 aromatic rings. The Hall–Kier alpha value is -2.27. The van der Waals surface area contributed by atoms with Crippen LogP contribution < -0.4 is 10.1 Å². The quantitative estimate of drug-likeness (QED) is 0.812. The largest absolute Gasteiger partial charge is 0.494 e. The van der Waals surface area contributed by atoms with Crippen LogP contribution in [0.4, 0.5) is 0 Å². The summed E-state index contributed by atoms with van der Waals surface area (Å²) in [5.74, 6) is 0.349. The smallest absolute Gasteiger partial charge is 0.371 e. The number of carbonyl (C=O) groups is 1. The van der Waals surface area contributed by atoms with E-state index in [1.54, 1.807) is 6.07 Å². The second-order valence-corrected chi connectivity index (χ2v) is 4.26. The minimum absolute atomic E-state index is 0.0415. The van der Waals surface area contributed by atoms with Crippen LogP contribution in [-0.2, 0) is 13.1 Å². The van der Waals surface area contributed by atoms with E-state index < -0.39 is 5.97 Å². The highest BCUT2D eigenvalue weighted by atomic mass is 16.5. The maximum Gasteiger partial charge on any atom is 0.371 e. The Kier molecular flexibility index (Phi) is 4.79. The maximum atomic E-state index is 10.7. The number of furan rings is 1. The zero-order valence-electron chi connectivity index (χ0n) is 11.3. The third kappa shape index (κ3) is 3.86. The summed E-state index contributed by atoms with van der Waals surface area (Å²) in [5, 5.41) is 12.0. The number of hydrogen-bond acceptors (Lipinski definition) is 4. The van der Waals surface area contributed by atoms with Gasteiger partial charge in [-0.15, -0.1) is 0 Å². The fourth-order valence-electron chi connectivity index (χ4n) is 1.83. The van der Waals surface area contributed by atoms with Crippen molar-refractivity contribution in [2.75, 3.05) is 6.61 Å². The van der Waals surface area contributed by atoms with E-state index in [9.17, 15) is 4.79 Å². The highest BCUT2D eigenvalue weighted by Crippen LogP contribution is 2.13. The van der Waals surface area contributed by atoms with Crippen molar-refractivity contribution < 1.29 is 19.1 Å². The molecule has 0 amide bonds. The normalized spacial score (nSPS) is 10.4. The summed E-state index contributed by atoms with van der Waals surface area (Å²) in [6.45, 7) is 3.72. The third-order valence-corrected chi connectivity index (χ3v) is 2.71. The number of nitrogens with one attached hydrogen (secondary N) is 1. The van der Waals surface area contributed by atoms with Crippen LogP contribution in [0.2, 0.25) is 0 Å². The molecule has 0 aliphatic heterocycles. The molecule has 0 aliphatic carbocycles. The lowest BCUT2D eigenvalue weighted by molar-refractivity contribution is 0.0660. The monoisotopic (exact) mass is 275 g/mol. The van der Waals surface area contributed by atoms with Crippen LogP contribution in [-0.4, -0.2) is 17.7 Å². The SMILES string of the molecule is CCOc1cccc(CNCc2ccc(C(=O)O)o2)c1. The van der Waals surface area contributed by atoms with Crippen molar-refractivity contribution in [2.45, 2.75) is 20.0 Å². The highest BCUT2D eigenvalue weighted by Gasteiger charge is 2.08. The van der Waals surface area contributed by atoms with Crippen molar-refractivity contribution in [3.8, 4) is 5.75 Å². The van der Waals surface area contributed by atoms with Crippen LogP contribution in [0.15, 0.2) is 40.8 Å². The Balaban J connectivity index is 1.85. The average molecular weight is 275 g/mol. The van der Waals surface area contributed by atoms with E-state index in [0.29, 0.717) is 25.5 Å². The molecule has 0 saturated heterocycles. The molecule has 0 aliphatic rings. The number of carboxylic acid groups (broad SMARTS) is 1. The number of benzene rings is 1. The van der Waals surface area contributed by atoms with Crippen LogP contribution in [0.3, 0.4) is 0 Å². The van der Waals surface area contributed by atoms with E-state index in [-0.39, 0.29) is 5.76 Å². The van der Waals surface area contributed by atoms with Crippen molar-refractivity contribution in [2.24, 2.45) is 0 Å². The first-order chi connectivity index (χ1) is 9.69. The molecule has 1 aromatic carbocycles. The highest BCUT2D eigenvalue weighted by molar-refractivity contribution is 5.84. The Morgan fingerprint density at radius 1 is 1.30 bits per heavy atom. The minimum Gasteiger partial charge on any atom is -0.494 e. The fourth-order valence-corrected chi connectivity index (χ4v) is 1.83. The second-order valence-electron chi connectivity index (χ2n) is 4.26. The van der Waals surface area contributed by atoms with E-state index in [1.165, 1.54) is 6.07 Å². The van der Waals surface area contributed by atoms with Crippen molar-refractivity contribution in [3.05, 3.63) is 53.5 Å². The molecule has 2 rings (SSSR count). The second kappa shape index (κ2) is 6.77. The van der Waals surface area contributed by atoms with Gasteiger partial charge < -0.3 is 19.6 Å². The molecular formula is C15H17NO4. The summed E-state index contributed by atoms with van der Waals surface area (Å²) in [7, 11) is 0. The van der Waals surface area contributed by atoms with Gasteiger partial charge in [0.2, 0.25) is 5.76 Å². The number of rotatable bonds is 7. The molecule has 106 valence electrons. The molecular weight excluding hydrogens is 258 g/mol. The van der Waals surface area contributed by atoms with Crippen molar-refractivity contribution in [1.29, 1.82) is 0 Å². The first-order valence-corrected chi connectivity index (χ1v) is 6.43. The molecule has 1 heterocycles. The lowest BCUT2D eigenvalue weighted by Crippen LogP contribution is -2.12. The summed E-state index contributed by atoms with van der Waals surface area (Å²) in [4.78, 5) is 10.7. The van der Waals surface area contributed by atoms with E-state index in [0.717, 1.165) is 11.3 Å². The molecule has 0 atom stereocenters. The lowest BCUT2D eigenvalue weighted by Gasteiger charge is -2.06. The van der Waals surface area contributed by atoms with Gasteiger partial charge in [-0.25, -0.2) is 4.79 Å². The molecule has 0 bridgehead atoms. The molecule has 5 nitrogen and oxygen atoms in total. The standard InChI is InChI=1S/C15H17NO4/c1-2-19-12-5-3-4-11(8-12)9-16-10-13-6-7-14(20-13)15(17)18/h3-8,16H,2,9-10H2,1H3,(H,17,18). The summed E-state index contributed by atoms with van der Waals surface area (Å²) in [6, 6.07) is 10.9. The summed E-state index contributed by atoms with van der Waals surface area (Å²) in [6.07, 6.45) is 0. The number of carboxylic acids is 1. The van der Waals surface area contributed by atoms with Crippen LogP contribution in [0.1, 0.15) is 28.8 Å². The van der Waals surface area contributed by atoms with Crippen LogP contribution >= 0.6 is 0 Å². The van der Waals surface area contributed by atoms with Gasteiger partial charge in [-0.1, -0.05) is 12.1 Å². The molecule has 0 unspecified atom stereocenters. The lowest BCUT2D eigenvalue weighted by atomic mass is 10.2. The Bertz CT molecular complexity index is 577. The molecule has 5 heteroatoms. The first kappa shape index (κ1) is 14.1. The van der Waals surface area contributed by atoms with E-state index in [4.69, 9.17) is 14.3 Å². The van der Waals surface area contributed by atoms with Gasteiger partial charge in [-0.05, 0) is 36.8 Å². The van der Waals surface area contributed by atoms with Crippen molar-refractivity contribution >= 4 is 5.97 Å². The number of aromatic carboxylic acids is 1. The number of ether oxygens (including phenoxy) is 1. The summed E-state index contributed by atoms with van der Waals surface area (Å²) >= 11 is 0. The first-order valence-electron chi connectivity index (χ1n) is 6.43. The molecule has 20 heavy (non-hydrogen) atoms. The Morgan fingerprint density at radius 3 is 2.85 bits per heavy atom. The fraction of sp³-hybridized carbons (Fsp3) is 0.267. The van der Waals surface area contributed by atoms with Crippen LogP contribution in [0.25, 0.3) is 0 Å². The summed E-state index contributed by atoms with van der Waals surface area (Å²) < 4.78 is 10.6. The zero-order valence-corrected chi connectivity index (χ0v) is 11.3. The molecule has 1 aromatic heterocycles. The van der Waals surface area contributed by atoms with E-state index in [1.807, 2.05) is 31.2 Å². The topological polar surface area (TPSA) is 71.7 Å². The molecule has 0 saturated carbocycles. The zero-order chi connectivity index (χ0) is 14.4. The van der Waals surface area contributed by atoms with Gasteiger partial charge >= 0.3 is 5.97 Å². The van der Waals surface area contributed by atoms with Gasteiger partial charge in [0.15, 0.2) is 0 Å². The van der Waals surface area contributed by atoms with Gasteiger partial charge in [0.05, 0.1) is 13.2 Å². The molecule has 2 N–H and O–H groups in total. The number of hydrogen-bond donors (Lipinski definition) is 2. The average Bonchev–Trinajstić information content (AvgIpc) is 2.89. The van der Waals surface area contributed by atoms with Gasteiger partial charge in [0, 0.05) is 6.54 Å². The van der Waals surface area contributed by atoms with Gasteiger partial charge in [-0.3, -0.25) is 0 Å². The molecule has 0 radical (unpaired) electrons. The third-order valence-electron chi connectivity index (χ3n) is 2.71. The maximum absolute atomic E-state index is 10.7. The molecule has 0 spiro atoms. The van der Waals surface area contributed by atoms with Gasteiger partial charge in [0.25, 0.3) is 0 Å². The van der Waals surface area contributed by atoms with E-state index in [2.05, 4.69) is 5.32 Å². The Morgan fingerprint density at radius 2 is 2.15 bits per heavy atom. The summed E-state index contributed by atoms with van der Waals surface area (Å²) in [5.41, 5.74) is 1.10. The predicted molar refractivity (Wildman–Crippen MR) is 73.8 cm³/mol. The minimum atomic E-state index is -1.05. The molecule has 0 fully saturated rings. The Labute approximate surface area is 117 Å².